The SMILES string of the molecule is CCCCC(COc1no[n+]([O-])c1S(=O)(=O)c1ccccc1)OC(=O)CCC(=O)Nc1ccn([C@@H]2O[C@H](CO)[C@@H](O)C2(F)F)c(=O)n1. The summed E-state index contributed by atoms with van der Waals surface area (Å²) in [6, 6.07) is 8.06. The minimum atomic E-state index is -4.38. The summed E-state index contributed by atoms with van der Waals surface area (Å²) in [5, 5.41) is 35.6. The molecule has 1 saturated heterocycles. The number of aliphatic hydroxyl groups is 2. The molecule has 2 aromatic heterocycles. The number of sulfone groups is 1. The predicted octanol–water partition coefficient (Wildman–Crippen LogP) is 0.483. The van der Waals surface area contributed by atoms with E-state index in [4.69, 9.17) is 19.3 Å². The Bertz CT molecular complexity index is 1720. The lowest BCUT2D eigenvalue weighted by molar-refractivity contribution is -0.832. The number of ether oxygens (including phenoxy) is 3. The van der Waals surface area contributed by atoms with E-state index >= 15 is 0 Å². The fraction of sp³-hybridized carbons (Fsp3) is 0.481. The number of carbonyl (C=O) groups excluding carboxylic acids is 2. The van der Waals surface area contributed by atoms with Crippen molar-refractivity contribution < 1.29 is 60.7 Å². The van der Waals surface area contributed by atoms with E-state index in [0.29, 0.717) is 17.4 Å². The number of carbonyl (C=O) groups is 2. The summed E-state index contributed by atoms with van der Waals surface area (Å²) in [6.07, 6.45) is -5.62. The van der Waals surface area contributed by atoms with Crippen LogP contribution in [0.4, 0.5) is 14.6 Å². The molecular formula is C27H31F2N5O12S. The number of rotatable bonds is 15. The van der Waals surface area contributed by atoms with Gasteiger partial charge in [-0.1, -0.05) is 31.5 Å². The number of nitrogens with one attached hydrogen (secondary N) is 1. The molecule has 0 spiro atoms. The Morgan fingerprint density at radius 3 is 2.60 bits per heavy atom. The highest BCUT2D eigenvalue weighted by molar-refractivity contribution is 7.91. The van der Waals surface area contributed by atoms with Gasteiger partial charge in [0.05, 0.1) is 23.1 Å². The number of hydrogen-bond acceptors (Lipinski definition) is 14. The zero-order chi connectivity index (χ0) is 34.4. The number of aliphatic hydroxyl groups excluding tert-OH is 2. The summed E-state index contributed by atoms with van der Waals surface area (Å²) in [6.45, 7) is 0.559. The molecule has 1 fully saturated rings. The van der Waals surface area contributed by atoms with Gasteiger partial charge in [0.1, 0.15) is 24.6 Å². The van der Waals surface area contributed by atoms with E-state index in [1.54, 1.807) is 6.07 Å². The number of unbranched alkanes of at least 4 members (excludes halogenated alkanes) is 1. The molecule has 256 valence electrons. The molecule has 1 unspecified atom stereocenters. The fourth-order valence-electron chi connectivity index (χ4n) is 4.47. The molecule has 17 nitrogen and oxygen atoms in total. The van der Waals surface area contributed by atoms with Gasteiger partial charge in [-0.2, -0.15) is 13.8 Å². The van der Waals surface area contributed by atoms with Crippen LogP contribution < -0.4 is 20.6 Å². The topological polar surface area (TPSA) is 236 Å². The highest BCUT2D eigenvalue weighted by Gasteiger charge is 2.59. The van der Waals surface area contributed by atoms with Gasteiger partial charge in [-0.25, -0.2) is 13.2 Å². The Balaban J connectivity index is 1.33. The van der Waals surface area contributed by atoms with Crippen LogP contribution in [0.3, 0.4) is 0 Å². The van der Waals surface area contributed by atoms with Crippen LogP contribution in [0.2, 0.25) is 0 Å². The number of nitrogens with zero attached hydrogens (tertiary/aromatic N) is 4. The van der Waals surface area contributed by atoms with Crippen LogP contribution in [0.1, 0.15) is 45.3 Å². The van der Waals surface area contributed by atoms with E-state index in [1.165, 1.54) is 24.3 Å². The van der Waals surface area contributed by atoms with Crippen molar-refractivity contribution in [3.63, 3.8) is 0 Å². The van der Waals surface area contributed by atoms with Crippen LogP contribution in [0.25, 0.3) is 0 Å². The Morgan fingerprint density at radius 2 is 1.96 bits per heavy atom. The zero-order valence-electron chi connectivity index (χ0n) is 24.7. The molecule has 0 bridgehead atoms. The van der Waals surface area contributed by atoms with Crippen LogP contribution in [-0.2, 0) is 28.9 Å². The normalized spacial score (nSPS) is 19.6. The second kappa shape index (κ2) is 14.9. The van der Waals surface area contributed by atoms with Gasteiger partial charge in [0.15, 0.2) is 6.10 Å². The van der Waals surface area contributed by atoms with Crippen LogP contribution in [0.15, 0.2) is 61.9 Å². The molecule has 47 heavy (non-hydrogen) atoms. The Hall–Kier alpha value is -4.53. The van der Waals surface area contributed by atoms with Gasteiger partial charge in [0.25, 0.3) is 9.84 Å². The third-order valence-electron chi connectivity index (χ3n) is 6.90. The molecule has 3 N–H and O–H groups in total. The molecular weight excluding hydrogens is 656 g/mol. The maximum absolute atomic E-state index is 14.4. The number of amides is 1. The lowest BCUT2D eigenvalue weighted by Crippen LogP contribution is -2.41. The van der Waals surface area contributed by atoms with Gasteiger partial charge in [0.2, 0.25) is 12.1 Å². The third kappa shape index (κ3) is 8.07. The average molecular weight is 688 g/mol. The molecule has 20 heteroatoms. The van der Waals surface area contributed by atoms with Gasteiger partial charge >= 0.3 is 28.5 Å². The quantitative estimate of drug-likeness (QED) is 0.146. The molecule has 4 rings (SSSR count). The Labute approximate surface area is 265 Å². The number of aromatic nitrogens is 4. The molecule has 1 aromatic carbocycles. The van der Waals surface area contributed by atoms with Gasteiger partial charge < -0.3 is 34.9 Å². The van der Waals surface area contributed by atoms with E-state index in [9.17, 15) is 41.9 Å². The third-order valence-corrected chi connectivity index (χ3v) is 8.63. The number of anilines is 1. The van der Waals surface area contributed by atoms with Crippen molar-refractivity contribution in [2.24, 2.45) is 0 Å². The standard InChI is InChI=1S/C27H31F2N5O12S/c1-2-3-7-16(15-43-23-24(34(40)46-32-23)47(41,42)17-8-5-4-6-9-17)44-21(37)11-10-20(36)30-19-12-13-33(26(39)31-19)25-27(28,29)22(38)18(14-35)45-25/h4-6,8-9,12-13,16,18,22,25,35,38H,2-3,7,10-11,14-15H2,1H3,(H,30,31,36,39)/t16?,18-,22-,25-/m1/s1. The summed E-state index contributed by atoms with van der Waals surface area (Å²) in [5.41, 5.74) is -1.24. The molecule has 3 heterocycles. The first-order valence-corrected chi connectivity index (χ1v) is 15.7. The summed E-state index contributed by atoms with van der Waals surface area (Å²) in [4.78, 5) is 40.3. The molecule has 0 saturated carbocycles. The molecule has 4 atom stereocenters. The average Bonchev–Trinajstić information content (AvgIpc) is 3.53. The van der Waals surface area contributed by atoms with Crippen molar-refractivity contribution in [1.82, 2.24) is 14.7 Å². The smallest absolute Gasteiger partial charge is 0.415 e. The summed E-state index contributed by atoms with van der Waals surface area (Å²) in [7, 11) is -4.38. The largest absolute Gasteiger partial charge is 0.459 e. The van der Waals surface area contributed by atoms with E-state index in [2.05, 4.69) is 20.1 Å². The minimum absolute atomic E-state index is 0.207. The summed E-state index contributed by atoms with van der Waals surface area (Å²) in [5.74, 6) is -6.47. The van der Waals surface area contributed by atoms with E-state index in [1.807, 2.05) is 6.92 Å². The van der Waals surface area contributed by atoms with Gasteiger partial charge in [0, 0.05) is 12.6 Å². The van der Waals surface area contributed by atoms with Crippen molar-refractivity contribution in [2.75, 3.05) is 18.5 Å². The predicted molar refractivity (Wildman–Crippen MR) is 151 cm³/mol. The highest BCUT2D eigenvalue weighted by Crippen LogP contribution is 2.42. The first-order valence-electron chi connectivity index (χ1n) is 14.2. The van der Waals surface area contributed by atoms with Crippen molar-refractivity contribution in [3.8, 4) is 5.88 Å². The first-order chi connectivity index (χ1) is 22.3. The summed E-state index contributed by atoms with van der Waals surface area (Å²) >= 11 is 0. The molecule has 1 aliphatic heterocycles. The second-order valence-electron chi connectivity index (χ2n) is 10.3. The second-order valence-corrected chi connectivity index (χ2v) is 12.2. The van der Waals surface area contributed by atoms with E-state index in [0.717, 1.165) is 12.3 Å². The number of halogens is 2. The van der Waals surface area contributed by atoms with Crippen LogP contribution in [0, 0.1) is 5.21 Å². The lowest BCUT2D eigenvalue weighted by atomic mass is 10.1. The lowest BCUT2D eigenvalue weighted by Gasteiger charge is -2.21. The maximum atomic E-state index is 14.4. The van der Waals surface area contributed by atoms with Crippen LogP contribution in [0.5, 0.6) is 5.88 Å². The maximum Gasteiger partial charge on any atom is 0.415 e. The monoisotopic (exact) mass is 687 g/mol. The molecule has 3 aromatic rings. The van der Waals surface area contributed by atoms with Crippen molar-refractivity contribution in [2.45, 2.75) is 79.4 Å². The molecule has 0 radical (unpaired) electrons. The van der Waals surface area contributed by atoms with Gasteiger partial charge in [-0.05, 0) is 35.9 Å². The van der Waals surface area contributed by atoms with Gasteiger partial charge in [-0.15, -0.1) is 0 Å². The fourth-order valence-corrected chi connectivity index (χ4v) is 5.76. The van der Waals surface area contributed by atoms with Crippen molar-refractivity contribution >= 4 is 27.5 Å². The Morgan fingerprint density at radius 1 is 1.23 bits per heavy atom. The number of esters is 1. The van der Waals surface area contributed by atoms with Crippen molar-refractivity contribution in [1.29, 1.82) is 0 Å². The van der Waals surface area contributed by atoms with E-state index < -0.39 is 94.8 Å². The van der Waals surface area contributed by atoms with Gasteiger partial charge in [-0.3, -0.25) is 18.8 Å². The van der Waals surface area contributed by atoms with Crippen LogP contribution >= 0.6 is 0 Å². The van der Waals surface area contributed by atoms with Crippen molar-refractivity contribution in [3.05, 3.63) is 58.3 Å². The van der Waals surface area contributed by atoms with Crippen LogP contribution in [-0.4, -0.2) is 82.7 Å². The number of benzene rings is 1. The minimum Gasteiger partial charge on any atom is -0.459 e. The molecule has 1 amide bonds. The summed E-state index contributed by atoms with van der Waals surface area (Å²) < 4.78 is 75.3. The zero-order valence-corrected chi connectivity index (χ0v) is 25.5. The van der Waals surface area contributed by atoms with E-state index in [-0.39, 0.29) is 22.0 Å². The number of alkyl halides is 2. The highest BCUT2D eigenvalue weighted by atomic mass is 32.2. The number of hydrogen-bond donors (Lipinski definition) is 3. The first kappa shape index (κ1) is 35.3. The molecule has 1 aliphatic rings. The Kier molecular flexibility index (Phi) is 11.2. The molecule has 0 aliphatic carbocycles.